The first kappa shape index (κ1) is 12.1. The van der Waals surface area contributed by atoms with Gasteiger partial charge in [-0.3, -0.25) is 0 Å². The van der Waals surface area contributed by atoms with Crippen molar-refractivity contribution in [3.8, 4) is 5.88 Å². The lowest BCUT2D eigenvalue weighted by molar-refractivity contribution is 0.396. The molecule has 0 aromatic carbocycles. The third-order valence-corrected chi connectivity index (χ3v) is 3.02. The second-order valence-electron chi connectivity index (χ2n) is 5.01. The maximum absolute atomic E-state index is 5.15. The minimum absolute atomic E-state index is 0.640. The van der Waals surface area contributed by atoms with Gasteiger partial charge in [0.05, 0.1) is 7.11 Å². The molecule has 1 aliphatic carbocycles. The van der Waals surface area contributed by atoms with Crippen LogP contribution in [-0.4, -0.2) is 29.7 Å². The molecule has 0 N–H and O–H groups in total. The highest BCUT2D eigenvalue weighted by molar-refractivity contribution is 5.35. The third-order valence-electron chi connectivity index (χ3n) is 3.02. The molecule has 1 aliphatic rings. The van der Waals surface area contributed by atoms with Gasteiger partial charge in [-0.15, -0.1) is 0 Å². The van der Waals surface area contributed by atoms with E-state index < -0.39 is 0 Å². The Labute approximate surface area is 103 Å². The highest BCUT2D eigenvalue weighted by atomic mass is 16.5. The van der Waals surface area contributed by atoms with Gasteiger partial charge in [0.25, 0.3) is 0 Å². The van der Waals surface area contributed by atoms with Crippen LogP contribution in [0.25, 0.3) is 0 Å². The number of ether oxygens (including phenoxy) is 1. The largest absolute Gasteiger partial charge is 0.481 e. The average Bonchev–Trinajstić information content (AvgIpc) is 3.14. The fourth-order valence-electron chi connectivity index (χ4n) is 1.81. The molecule has 1 aromatic rings. The van der Waals surface area contributed by atoms with Crippen molar-refractivity contribution in [1.29, 1.82) is 0 Å². The summed E-state index contributed by atoms with van der Waals surface area (Å²) in [6.45, 7) is 5.53. The minimum atomic E-state index is 0.640. The molecule has 0 unspecified atom stereocenters. The van der Waals surface area contributed by atoms with E-state index in [1.54, 1.807) is 19.4 Å². The van der Waals surface area contributed by atoms with Crippen molar-refractivity contribution in [2.24, 2.45) is 5.92 Å². The number of rotatable bonds is 6. The van der Waals surface area contributed by atoms with Crippen LogP contribution in [0.5, 0.6) is 5.88 Å². The summed E-state index contributed by atoms with van der Waals surface area (Å²) in [6, 6.07) is 2.43. The van der Waals surface area contributed by atoms with E-state index in [0.717, 1.165) is 12.5 Å². The first-order valence-corrected chi connectivity index (χ1v) is 6.34. The highest BCUT2D eigenvalue weighted by Gasteiger charge is 2.30. The SMILES string of the molecule is COc1ccnc(N(CCC(C)C)C2CC2)n1. The number of nitrogens with zero attached hydrogens (tertiary/aromatic N) is 3. The molecular formula is C13H21N3O. The predicted octanol–water partition coefficient (Wildman–Crippen LogP) is 2.50. The number of hydrogen-bond donors (Lipinski definition) is 0. The van der Waals surface area contributed by atoms with Gasteiger partial charge in [-0.1, -0.05) is 13.8 Å². The lowest BCUT2D eigenvalue weighted by atomic mass is 10.1. The van der Waals surface area contributed by atoms with Crippen molar-refractivity contribution in [2.45, 2.75) is 39.2 Å². The van der Waals surface area contributed by atoms with Gasteiger partial charge in [0, 0.05) is 24.8 Å². The van der Waals surface area contributed by atoms with Crippen LogP contribution >= 0.6 is 0 Å². The highest BCUT2D eigenvalue weighted by Crippen LogP contribution is 2.30. The van der Waals surface area contributed by atoms with E-state index in [4.69, 9.17) is 4.74 Å². The van der Waals surface area contributed by atoms with Crippen LogP contribution in [-0.2, 0) is 0 Å². The summed E-state index contributed by atoms with van der Waals surface area (Å²) in [4.78, 5) is 11.1. The fraction of sp³-hybridized carbons (Fsp3) is 0.692. The molecule has 1 saturated carbocycles. The van der Waals surface area contributed by atoms with Crippen molar-refractivity contribution in [3.63, 3.8) is 0 Å². The summed E-state index contributed by atoms with van der Waals surface area (Å²) in [5.74, 6) is 2.17. The number of anilines is 1. The van der Waals surface area contributed by atoms with Crippen LogP contribution in [0.3, 0.4) is 0 Å². The molecule has 0 spiro atoms. The van der Waals surface area contributed by atoms with Crippen LogP contribution in [0.1, 0.15) is 33.1 Å². The minimum Gasteiger partial charge on any atom is -0.481 e. The van der Waals surface area contributed by atoms with Gasteiger partial charge in [-0.2, -0.15) is 4.98 Å². The van der Waals surface area contributed by atoms with Crippen LogP contribution in [0.15, 0.2) is 12.3 Å². The standard InChI is InChI=1S/C13H21N3O/c1-10(2)7-9-16(11-4-5-11)13-14-8-6-12(15-13)17-3/h6,8,10-11H,4-5,7,9H2,1-3H3. The molecule has 94 valence electrons. The van der Waals surface area contributed by atoms with Crippen molar-refractivity contribution in [1.82, 2.24) is 9.97 Å². The lowest BCUT2D eigenvalue weighted by Crippen LogP contribution is -2.29. The predicted molar refractivity (Wildman–Crippen MR) is 68.4 cm³/mol. The topological polar surface area (TPSA) is 38.2 Å². The first-order chi connectivity index (χ1) is 8.20. The molecule has 0 amide bonds. The molecule has 0 atom stereocenters. The molecular weight excluding hydrogens is 214 g/mol. The second kappa shape index (κ2) is 5.34. The Morgan fingerprint density at radius 3 is 2.82 bits per heavy atom. The van der Waals surface area contributed by atoms with Gasteiger partial charge in [0.2, 0.25) is 11.8 Å². The smallest absolute Gasteiger partial charge is 0.228 e. The summed E-state index contributed by atoms with van der Waals surface area (Å²) >= 11 is 0. The van der Waals surface area contributed by atoms with E-state index in [0.29, 0.717) is 17.8 Å². The monoisotopic (exact) mass is 235 g/mol. The molecule has 2 rings (SSSR count). The summed E-state index contributed by atoms with van der Waals surface area (Å²) in [5, 5.41) is 0. The van der Waals surface area contributed by atoms with Gasteiger partial charge >= 0.3 is 0 Å². The molecule has 4 heteroatoms. The van der Waals surface area contributed by atoms with E-state index in [1.165, 1.54) is 19.3 Å². The molecule has 1 fully saturated rings. The molecule has 1 heterocycles. The Morgan fingerprint density at radius 1 is 1.47 bits per heavy atom. The van der Waals surface area contributed by atoms with Crippen LogP contribution < -0.4 is 9.64 Å². The molecule has 1 aromatic heterocycles. The molecule has 0 bridgehead atoms. The normalized spacial score (nSPS) is 15.1. The van der Waals surface area contributed by atoms with Gasteiger partial charge in [-0.25, -0.2) is 4.98 Å². The Bertz CT molecular complexity index is 363. The van der Waals surface area contributed by atoms with E-state index in [2.05, 4.69) is 28.7 Å². The van der Waals surface area contributed by atoms with E-state index >= 15 is 0 Å². The fourth-order valence-corrected chi connectivity index (χ4v) is 1.81. The number of methoxy groups -OCH3 is 1. The lowest BCUT2D eigenvalue weighted by Gasteiger charge is -2.23. The van der Waals surface area contributed by atoms with Crippen LogP contribution in [0.4, 0.5) is 5.95 Å². The zero-order valence-corrected chi connectivity index (χ0v) is 10.9. The zero-order valence-electron chi connectivity index (χ0n) is 10.9. The Morgan fingerprint density at radius 2 is 2.24 bits per heavy atom. The van der Waals surface area contributed by atoms with Crippen molar-refractivity contribution in [3.05, 3.63) is 12.3 Å². The van der Waals surface area contributed by atoms with Gasteiger partial charge in [0.1, 0.15) is 0 Å². The third kappa shape index (κ3) is 3.32. The van der Waals surface area contributed by atoms with Gasteiger partial charge in [0.15, 0.2) is 0 Å². The van der Waals surface area contributed by atoms with Crippen LogP contribution in [0.2, 0.25) is 0 Å². The summed E-state index contributed by atoms with van der Waals surface area (Å²) in [7, 11) is 1.64. The summed E-state index contributed by atoms with van der Waals surface area (Å²) in [6.07, 6.45) is 5.47. The second-order valence-corrected chi connectivity index (χ2v) is 5.01. The number of aromatic nitrogens is 2. The van der Waals surface area contributed by atoms with Crippen LogP contribution in [0, 0.1) is 5.92 Å². The Kier molecular flexibility index (Phi) is 3.82. The summed E-state index contributed by atoms with van der Waals surface area (Å²) < 4.78 is 5.15. The molecule has 0 saturated heterocycles. The van der Waals surface area contributed by atoms with E-state index in [1.807, 2.05) is 0 Å². The van der Waals surface area contributed by atoms with Gasteiger partial charge in [-0.05, 0) is 25.2 Å². The zero-order chi connectivity index (χ0) is 12.3. The van der Waals surface area contributed by atoms with E-state index in [-0.39, 0.29) is 0 Å². The molecule has 0 radical (unpaired) electrons. The molecule has 4 nitrogen and oxygen atoms in total. The first-order valence-electron chi connectivity index (χ1n) is 6.34. The van der Waals surface area contributed by atoms with Crippen molar-refractivity contribution in [2.75, 3.05) is 18.6 Å². The van der Waals surface area contributed by atoms with E-state index in [9.17, 15) is 0 Å². The van der Waals surface area contributed by atoms with Crippen molar-refractivity contribution >= 4 is 5.95 Å². The average molecular weight is 235 g/mol. The summed E-state index contributed by atoms with van der Waals surface area (Å²) in [5.41, 5.74) is 0. The Hall–Kier alpha value is -1.32. The molecule has 0 aliphatic heterocycles. The maximum Gasteiger partial charge on any atom is 0.228 e. The number of hydrogen-bond acceptors (Lipinski definition) is 4. The molecule has 17 heavy (non-hydrogen) atoms. The van der Waals surface area contributed by atoms with Gasteiger partial charge < -0.3 is 9.64 Å². The quantitative estimate of drug-likeness (QED) is 0.759. The maximum atomic E-state index is 5.15. The Balaban J connectivity index is 2.08. The van der Waals surface area contributed by atoms with Crippen molar-refractivity contribution < 1.29 is 4.74 Å².